The van der Waals surface area contributed by atoms with Crippen molar-refractivity contribution >= 4 is 11.6 Å². The van der Waals surface area contributed by atoms with Crippen molar-refractivity contribution in [1.29, 1.82) is 0 Å². The first kappa shape index (κ1) is 15.3. The smallest absolute Gasteiger partial charge is 0.286 e. The van der Waals surface area contributed by atoms with Gasteiger partial charge < -0.3 is 15.2 Å². The fourth-order valence-corrected chi connectivity index (χ4v) is 1.91. The molecule has 0 radical (unpaired) electrons. The van der Waals surface area contributed by atoms with Crippen LogP contribution in [0, 0.1) is 10.1 Å². The van der Waals surface area contributed by atoms with Crippen molar-refractivity contribution in [3.63, 3.8) is 0 Å². The monoisotopic (exact) mass is 302 g/mol. The third-order valence-corrected chi connectivity index (χ3v) is 2.98. The Morgan fingerprint density at radius 3 is 2.45 bits per heavy atom. The van der Waals surface area contributed by atoms with E-state index >= 15 is 0 Å². The fourth-order valence-electron chi connectivity index (χ4n) is 1.91. The Morgan fingerprint density at radius 2 is 1.91 bits per heavy atom. The molecule has 114 valence electrons. The van der Waals surface area contributed by atoms with Crippen molar-refractivity contribution < 1.29 is 19.2 Å². The summed E-state index contributed by atoms with van der Waals surface area (Å²) in [7, 11) is 1.38. The van der Waals surface area contributed by atoms with E-state index in [-0.39, 0.29) is 23.7 Å². The molecule has 2 aromatic carbocycles. The van der Waals surface area contributed by atoms with Gasteiger partial charge in [-0.2, -0.15) is 0 Å². The number of carbonyl (C=O) groups is 1. The van der Waals surface area contributed by atoms with Gasteiger partial charge in [0.05, 0.1) is 18.1 Å². The summed E-state index contributed by atoms with van der Waals surface area (Å²) >= 11 is 0. The zero-order valence-corrected chi connectivity index (χ0v) is 11.8. The van der Waals surface area contributed by atoms with Crippen LogP contribution in [0.15, 0.2) is 42.5 Å². The van der Waals surface area contributed by atoms with E-state index in [2.05, 4.69) is 0 Å². The average molecular weight is 302 g/mol. The van der Waals surface area contributed by atoms with Gasteiger partial charge in [0.25, 0.3) is 11.6 Å². The Balaban J connectivity index is 2.35. The Bertz CT molecular complexity index is 701. The maximum atomic E-state index is 11.3. The van der Waals surface area contributed by atoms with Crippen LogP contribution in [0.4, 0.5) is 5.69 Å². The first-order valence-electron chi connectivity index (χ1n) is 6.36. The quantitative estimate of drug-likeness (QED) is 0.651. The summed E-state index contributed by atoms with van der Waals surface area (Å²) in [5.74, 6) is -0.530. The molecule has 0 aromatic heterocycles. The second-order valence-electron chi connectivity index (χ2n) is 4.42. The third-order valence-electron chi connectivity index (χ3n) is 2.98. The maximum Gasteiger partial charge on any atom is 0.286 e. The Hall–Kier alpha value is -3.09. The SMILES string of the molecule is COc1cc(C(N)=O)c([N+](=O)[O-])cc1OCc1ccccc1. The minimum atomic E-state index is -0.903. The molecule has 0 fully saturated rings. The molecule has 2 rings (SSSR count). The number of hydrogen-bond acceptors (Lipinski definition) is 5. The van der Waals surface area contributed by atoms with Gasteiger partial charge in [-0.15, -0.1) is 0 Å². The second kappa shape index (κ2) is 6.57. The van der Waals surface area contributed by atoms with Crippen molar-refractivity contribution in [1.82, 2.24) is 0 Å². The molecule has 0 heterocycles. The van der Waals surface area contributed by atoms with Gasteiger partial charge in [0.1, 0.15) is 12.2 Å². The summed E-state index contributed by atoms with van der Waals surface area (Å²) in [4.78, 5) is 21.7. The Morgan fingerprint density at radius 1 is 1.23 bits per heavy atom. The molecule has 0 aliphatic carbocycles. The summed E-state index contributed by atoms with van der Waals surface area (Å²) in [5.41, 5.74) is 5.40. The number of nitro groups is 1. The van der Waals surface area contributed by atoms with E-state index in [9.17, 15) is 14.9 Å². The predicted octanol–water partition coefficient (Wildman–Crippen LogP) is 2.28. The molecule has 0 spiro atoms. The van der Waals surface area contributed by atoms with E-state index in [1.165, 1.54) is 13.2 Å². The highest BCUT2D eigenvalue weighted by Crippen LogP contribution is 2.35. The first-order chi connectivity index (χ1) is 10.5. The van der Waals surface area contributed by atoms with Crippen LogP contribution >= 0.6 is 0 Å². The van der Waals surface area contributed by atoms with Gasteiger partial charge in [-0.05, 0) is 5.56 Å². The molecule has 0 unspecified atom stereocenters. The minimum Gasteiger partial charge on any atom is -0.493 e. The molecule has 0 aliphatic heterocycles. The number of nitrogens with zero attached hydrogens (tertiary/aromatic N) is 1. The molecule has 0 saturated carbocycles. The van der Waals surface area contributed by atoms with Crippen molar-refractivity contribution in [3.05, 3.63) is 63.7 Å². The topological polar surface area (TPSA) is 105 Å². The van der Waals surface area contributed by atoms with E-state index in [4.69, 9.17) is 15.2 Å². The highest BCUT2D eigenvalue weighted by atomic mass is 16.6. The van der Waals surface area contributed by atoms with Crippen molar-refractivity contribution in [2.75, 3.05) is 7.11 Å². The highest BCUT2D eigenvalue weighted by molar-refractivity contribution is 5.97. The zero-order valence-electron chi connectivity index (χ0n) is 11.8. The number of ether oxygens (including phenoxy) is 2. The largest absolute Gasteiger partial charge is 0.493 e. The van der Waals surface area contributed by atoms with Crippen LogP contribution in [0.5, 0.6) is 11.5 Å². The van der Waals surface area contributed by atoms with E-state index in [0.29, 0.717) is 0 Å². The van der Waals surface area contributed by atoms with Crippen LogP contribution in [0.3, 0.4) is 0 Å². The van der Waals surface area contributed by atoms with Crippen LogP contribution in [0.2, 0.25) is 0 Å². The van der Waals surface area contributed by atoms with Crippen molar-refractivity contribution in [3.8, 4) is 11.5 Å². The first-order valence-corrected chi connectivity index (χ1v) is 6.36. The van der Waals surface area contributed by atoms with Gasteiger partial charge in [0, 0.05) is 6.07 Å². The highest BCUT2D eigenvalue weighted by Gasteiger charge is 2.23. The molecule has 2 N–H and O–H groups in total. The summed E-state index contributed by atoms with van der Waals surface area (Å²) < 4.78 is 10.7. The lowest BCUT2D eigenvalue weighted by molar-refractivity contribution is -0.385. The molecular weight excluding hydrogens is 288 g/mol. The maximum absolute atomic E-state index is 11.3. The summed E-state index contributed by atoms with van der Waals surface area (Å²) in [6.07, 6.45) is 0. The number of nitrogens with two attached hydrogens (primary N) is 1. The number of benzene rings is 2. The van der Waals surface area contributed by atoms with Crippen molar-refractivity contribution in [2.45, 2.75) is 6.61 Å². The van der Waals surface area contributed by atoms with Gasteiger partial charge in [-0.3, -0.25) is 14.9 Å². The number of hydrogen-bond donors (Lipinski definition) is 1. The number of amides is 1. The number of carbonyl (C=O) groups excluding carboxylic acids is 1. The van der Waals surface area contributed by atoms with Crippen LogP contribution in [-0.4, -0.2) is 17.9 Å². The Kier molecular flexibility index (Phi) is 4.57. The summed E-state index contributed by atoms with van der Waals surface area (Å²) in [5, 5.41) is 11.1. The number of primary amides is 1. The minimum absolute atomic E-state index is 0.169. The molecule has 22 heavy (non-hydrogen) atoms. The molecule has 0 aliphatic rings. The third kappa shape index (κ3) is 3.32. The number of rotatable bonds is 6. The van der Waals surface area contributed by atoms with Gasteiger partial charge in [0.15, 0.2) is 11.5 Å². The van der Waals surface area contributed by atoms with E-state index in [0.717, 1.165) is 11.6 Å². The van der Waals surface area contributed by atoms with Gasteiger partial charge in [-0.1, -0.05) is 30.3 Å². The van der Waals surface area contributed by atoms with Crippen LogP contribution < -0.4 is 15.2 Å². The van der Waals surface area contributed by atoms with E-state index in [1.807, 2.05) is 30.3 Å². The van der Waals surface area contributed by atoms with Crippen LogP contribution in [-0.2, 0) is 6.61 Å². The van der Waals surface area contributed by atoms with Crippen molar-refractivity contribution in [2.24, 2.45) is 5.73 Å². The van der Waals surface area contributed by atoms with Gasteiger partial charge in [0.2, 0.25) is 0 Å². The van der Waals surface area contributed by atoms with E-state index in [1.54, 1.807) is 0 Å². The number of methoxy groups -OCH3 is 1. The Labute approximate surface area is 126 Å². The zero-order chi connectivity index (χ0) is 16.1. The summed E-state index contributed by atoms with van der Waals surface area (Å²) in [6, 6.07) is 11.7. The normalized spacial score (nSPS) is 10.0. The lowest BCUT2D eigenvalue weighted by Gasteiger charge is -2.12. The molecule has 2 aromatic rings. The fraction of sp³-hybridized carbons (Fsp3) is 0.133. The van der Waals surface area contributed by atoms with Gasteiger partial charge >= 0.3 is 0 Å². The lowest BCUT2D eigenvalue weighted by Crippen LogP contribution is -2.14. The average Bonchev–Trinajstić information content (AvgIpc) is 2.52. The molecule has 0 saturated heterocycles. The molecule has 1 amide bonds. The number of nitro benzene ring substituents is 1. The second-order valence-corrected chi connectivity index (χ2v) is 4.42. The van der Waals surface area contributed by atoms with Crippen LogP contribution in [0.25, 0.3) is 0 Å². The molecular formula is C15H14N2O5. The molecule has 0 bridgehead atoms. The molecule has 0 atom stereocenters. The standard InChI is InChI=1S/C15H14N2O5/c1-21-13-7-11(15(16)18)12(17(19)20)8-14(13)22-9-10-5-3-2-4-6-10/h2-8H,9H2,1H3,(H2,16,18). The van der Waals surface area contributed by atoms with E-state index < -0.39 is 16.5 Å². The van der Waals surface area contributed by atoms with Gasteiger partial charge in [-0.25, -0.2) is 0 Å². The summed E-state index contributed by atoms with van der Waals surface area (Å²) in [6.45, 7) is 0.213. The molecule has 7 heteroatoms. The predicted molar refractivity (Wildman–Crippen MR) is 78.9 cm³/mol. The molecule has 7 nitrogen and oxygen atoms in total. The van der Waals surface area contributed by atoms with Crippen LogP contribution in [0.1, 0.15) is 15.9 Å². The lowest BCUT2D eigenvalue weighted by atomic mass is 10.1.